The number of nitrogens with one attached hydrogen (secondary N) is 1. The van der Waals surface area contributed by atoms with Crippen LogP contribution in [0.1, 0.15) is 29.2 Å². The lowest BCUT2D eigenvalue weighted by atomic mass is 10.1. The molecular formula is C16H17ClN2O. The third-order valence-electron chi connectivity index (χ3n) is 3.77. The molecule has 1 aliphatic carbocycles. The predicted molar refractivity (Wildman–Crippen MR) is 80.1 cm³/mol. The smallest absolute Gasteiger partial charge is 0.217 e. The van der Waals surface area contributed by atoms with Gasteiger partial charge in [-0.3, -0.25) is 0 Å². The fourth-order valence-electron chi connectivity index (χ4n) is 2.77. The summed E-state index contributed by atoms with van der Waals surface area (Å²) in [5.41, 5.74) is 3.79. The van der Waals surface area contributed by atoms with E-state index in [4.69, 9.17) is 16.3 Å². The number of methoxy groups -OCH3 is 1. The molecule has 3 rings (SSSR count). The zero-order valence-electron chi connectivity index (χ0n) is 11.4. The van der Waals surface area contributed by atoms with E-state index in [1.807, 2.05) is 18.2 Å². The first kappa shape index (κ1) is 13.4. The van der Waals surface area contributed by atoms with Gasteiger partial charge in [0.25, 0.3) is 0 Å². The summed E-state index contributed by atoms with van der Waals surface area (Å²) < 4.78 is 5.28. The molecule has 1 heterocycles. The number of nitrogens with zero attached hydrogens (tertiary/aromatic N) is 1. The molecule has 1 aromatic carbocycles. The van der Waals surface area contributed by atoms with Crippen LogP contribution >= 0.6 is 11.6 Å². The molecule has 0 bridgehead atoms. The van der Waals surface area contributed by atoms with Gasteiger partial charge in [-0.1, -0.05) is 23.7 Å². The van der Waals surface area contributed by atoms with Crippen LogP contribution in [0.25, 0.3) is 0 Å². The van der Waals surface area contributed by atoms with Gasteiger partial charge in [0.05, 0.1) is 7.11 Å². The Hall–Kier alpha value is -1.58. The van der Waals surface area contributed by atoms with Crippen molar-refractivity contribution in [2.75, 3.05) is 7.11 Å². The lowest BCUT2D eigenvalue weighted by Gasteiger charge is -2.15. The number of fused-ring (bicyclic) bond motifs is 1. The fraction of sp³-hybridized carbons (Fsp3) is 0.312. The van der Waals surface area contributed by atoms with Gasteiger partial charge in [0.1, 0.15) is 0 Å². The van der Waals surface area contributed by atoms with E-state index in [9.17, 15) is 0 Å². The summed E-state index contributed by atoms with van der Waals surface area (Å²) in [4.78, 5) is 4.22. The van der Waals surface area contributed by atoms with Crippen LogP contribution in [0.2, 0.25) is 5.02 Å². The highest BCUT2D eigenvalue weighted by Gasteiger charge is 2.22. The van der Waals surface area contributed by atoms with Gasteiger partial charge in [-0.15, -0.1) is 0 Å². The van der Waals surface area contributed by atoms with Crippen LogP contribution in [-0.2, 0) is 13.0 Å². The molecular weight excluding hydrogens is 272 g/mol. The standard InChI is InChI=1S/C16H17ClN2O/c1-20-16-12(3-2-8-18-16)10-19-15-7-4-11-9-13(17)5-6-14(11)15/h2-3,5-6,8-9,15,19H,4,7,10H2,1H3. The van der Waals surface area contributed by atoms with Crippen molar-refractivity contribution < 1.29 is 4.74 Å². The summed E-state index contributed by atoms with van der Waals surface area (Å²) >= 11 is 6.04. The fourth-order valence-corrected chi connectivity index (χ4v) is 2.97. The molecule has 0 amide bonds. The Bertz CT molecular complexity index is 615. The normalized spacial score (nSPS) is 17.0. The molecule has 0 saturated carbocycles. The molecule has 0 saturated heterocycles. The Labute approximate surface area is 123 Å². The number of pyridine rings is 1. The number of rotatable bonds is 4. The highest BCUT2D eigenvalue weighted by molar-refractivity contribution is 6.30. The van der Waals surface area contributed by atoms with Crippen LogP contribution < -0.4 is 10.1 Å². The van der Waals surface area contributed by atoms with Crippen molar-refractivity contribution >= 4 is 11.6 Å². The van der Waals surface area contributed by atoms with Crippen LogP contribution in [0.15, 0.2) is 36.5 Å². The molecule has 2 aromatic rings. The summed E-state index contributed by atoms with van der Waals surface area (Å²) in [5.74, 6) is 0.689. The Morgan fingerprint density at radius 3 is 3.15 bits per heavy atom. The lowest BCUT2D eigenvalue weighted by Crippen LogP contribution is -2.19. The van der Waals surface area contributed by atoms with E-state index in [0.717, 1.165) is 30.0 Å². The lowest BCUT2D eigenvalue weighted by molar-refractivity contribution is 0.388. The van der Waals surface area contributed by atoms with Gasteiger partial charge in [-0.05, 0) is 42.2 Å². The zero-order chi connectivity index (χ0) is 13.9. The third kappa shape index (κ3) is 2.65. The van der Waals surface area contributed by atoms with Crippen molar-refractivity contribution in [3.63, 3.8) is 0 Å². The van der Waals surface area contributed by atoms with Gasteiger partial charge in [0, 0.05) is 29.4 Å². The van der Waals surface area contributed by atoms with E-state index in [-0.39, 0.29) is 0 Å². The number of hydrogen-bond donors (Lipinski definition) is 1. The topological polar surface area (TPSA) is 34.1 Å². The maximum Gasteiger partial charge on any atom is 0.217 e. The largest absolute Gasteiger partial charge is 0.481 e. The average Bonchev–Trinajstić information content (AvgIpc) is 2.87. The van der Waals surface area contributed by atoms with E-state index in [0.29, 0.717) is 11.9 Å². The van der Waals surface area contributed by atoms with Crippen LogP contribution in [-0.4, -0.2) is 12.1 Å². The molecule has 104 valence electrons. The second-order valence-electron chi connectivity index (χ2n) is 4.99. The number of ether oxygens (including phenoxy) is 1. The van der Waals surface area contributed by atoms with Gasteiger partial charge in [0.2, 0.25) is 5.88 Å². The van der Waals surface area contributed by atoms with Crippen LogP contribution in [0, 0.1) is 0 Å². The molecule has 0 radical (unpaired) electrons. The van der Waals surface area contributed by atoms with Crippen molar-refractivity contribution in [2.45, 2.75) is 25.4 Å². The summed E-state index contributed by atoms with van der Waals surface area (Å²) in [6.07, 6.45) is 3.94. The van der Waals surface area contributed by atoms with E-state index in [2.05, 4.69) is 22.4 Å². The van der Waals surface area contributed by atoms with Crippen molar-refractivity contribution in [3.8, 4) is 5.88 Å². The minimum absolute atomic E-state index is 0.382. The second-order valence-corrected chi connectivity index (χ2v) is 5.42. The second kappa shape index (κ2) is 5.81. The first-order valence-electron chi connectivity index (χ1n) is 6.77. The molecule has 20 heavy (non-hydrogen) atoms. The minimum atomic E-state index is 0.382. The van der Waals surface area contributed by atoms with Gasteiger partial charge in [-0.2, -0.15) is 0 Å². The van der Waals surface area contributed by atoms with Crippen molar-refractivity contribution in [3.05, 3.63) is 58.2 Å². The number of aryl methyl sites for hydroxylation is 1. The van der Waals surface area contributed by atoms with Gasteiger partial charge in [-0.25, -0.2) is 4.98 Å². The number of aromatic nitrogens is 1. The van der Waals surface area contributed by atoms with E-state index in [1.54, 1.807) is 13.3 Å². The zero-order valence-corrected chi connectivity index (χ0v) is 12.2. The average molecular weight is 289 g/mol. The van der Waals surface area contributed by atoms with Crippen LogP contribution in [0.4, 0.5) is 0 Å². The summed E-state index contributed by atoms with van der Waals surface area (Å²) in [7, 11) is 1.65. The number of halogens is 1. The Morgan fingerprint density at radius 1 is 1.40 bits per heavy atom. The first-order chi connectivity index (χ1) is 9.78. The maximum atomic E-state index is 6.04. The molecule has 1 N–H and O–H groups in total. The molecule has 3 nitrogen and oxygen atoms in total. The minimum Gasteiger partial charge on any atom is -0.481 e. The third-order valence-corrected chi connectivity index (χ3v) is 4.00. The molecule has 1 aliphatic rings. The summed E-state index contributed by atoms with van der Waals surface area (Å²) in [5, 5.41) is 4.40. The predicted octanol–water partition coefficient (Wildman–Crippen LogP) is 3.52. The van der Waals surface area contributed by atoms with Gasteiger partial charge < -0.3 is 10.1 Å². The van der Waals surface area contributed by atoms with Gasteiger partial charge in [0.15, 0.2) is 0 Å². The first-order valence-corrected chi connectivity index (χ1v) is 7.15. The monoisotopic (exact) mass is 288 g/mol. The molecule has 4 heteroatoms. The molecule has 0 aliphatic heterocycles. The number of benzene rings is 1. The Morgan fingerprint density at radius 2 is 2.30 bits per heavy atom. The SMILES string of the molecule is COc1ncccc1CNC1CCc2cc(Cl)ccc21. The maximum absolute atomic E-state index is 6.04. The highest BCUT2D eigenvalue weighted by Crippen LogP contribution is 2.33. The summed E-state index contributed by atoms with van der Waals surface area (Å²) in [6, 6.07) is 10.5. The Kier molecular flexibility index (Phi) is 3.90. The molecule has 1 unspecified atom stereocenters. The Balaban J connectivity index is 1.72. The molecule has 1 atom stereocenters. The molecule has 1 aromatic heterocycles. The van der Waals surface area contributed by atoms with Crippen LogP contribution in [0.5, 0.6) is 5.88 Å². The number of hydrogen-bond acceptors (Lipinski definition) is 3. The van der Waals surface area contributed by atoms with Crippen molar-refractivity contribution in [1.29, 1.82) is 0 Å². The summed E-state index contributed by atoms with van der Waals surface area (Å²) in [6.45, 7) is 0.754. The molecule has 0 spiro atoms. The van der Waals surface area contributed by atoms with E-state index >= 15 is 0 Å². The van der Waals surface area contributed by atoms with E-state index in [1.165, 1.54) is 11.1 Å². The van der Waals surface area contributed by atoms with E-state index < -0.39 is 0 Å². The van der Waals surface area contributed by atoms with Gasteiger partial charge >= 0.3 is 0 Å². The van der Waals surface area contributed by atoms with Crippen molar-refractivity contribution in [2.24, 2.45) is 0 Å². The van der Waals surface area contributed by atoms with Crippen molar-refractivity contribution in [1.82, 2.24) is 10.3 Å². The highest BCUT2D eigenvalue weighted by atomic mass is 35.5. The molecule has 0 fully saturated rings. The van der Waals surface area contributed by atoms with Crippen LogP contribution in [0.3, 0.4) is 0 Å². The quantitative estimate of drug-likeness (QED) is 0.935.